The van der Waals surface area contributed by atoms with Gasteiger partial charge in [0.2, 0.25) is 11.8 Å². The number of nitrogens with zero attached hydrogens (tertiary/aromatic N) is 2. The third-order valence-electron chi connectivity index (χ3n) is 5.37. The number of benzene rings is 2. The molecule has 1 aliphatic heterocycles. The Morgan fingerprint density at radius 1 is 1.10 bits per heavy atom. The van der Waals surface area contributed by atoms with E-state index in [4.69, 9.17) is 4.74 Å². The summed E-state index contributed by atoms with van der Waals surface area (Å²) in [6.45, 7) is 3.37. The lowest BCUT2D eigenvalue weighted by Crippen LogP contribution is -2.51. The van der Waals surface area contributed by atoms with Crippen LogP contribution < -0.4 is 15.4 Å². The standard InChI is InChI=1S/C23H28N4O4/c1-16(28)27-12-11-26(15-22(29)25-19-7-9-20(31-3)10-8-19)14-21(27)17-5-4-6-18(13-17)23(30)24-2/h4-10,13,21H,11-12,14-15H2,1-3H3,(H,24,30)(H,25,29). The largest absolute Gasteiger partial charge is 0.497 e. The smallest absolute Gasteiger partial charge is 0.251 e. The van der Waals surface area contributed by atoms with Gasteiger partial charge in [-0.3, -0.25) is 19.3 Å². The van der Waals surface area contributed by atoms with Crippen LogP contribution in [0.5, 0.6) is 5.75 Å². The zero-order valence-corrected chi connectivity index (χ0v) is 18.1. The van der Waals surface area contributed by atoms with E-state index >= 15 is 0 Å². The SMILES string of the molecule is CNC(=O)c1cccc(C2CN(CC(=O)Nc3ccc(OC)cc3)CCN2C(C)=O)c1. The number of nitrogens with one attached hydrogen (secondary N) is 2. The van der Waals surface area contributed by atoms with Gasteiger partial charge in [0.05, 0.1) is 19.7 Å². The van der Waals surface area contributed by atoms with Crippen molar-refractivity contribution in [1.29, 1.82) is 0 Å². The van der Waals surface area contributed by atoms with E-state index in [0.29, 0.717) is 30.9 Å². The Labute approximate surface area is 182 Å². The molecular formula is C23H28N4O4. The molecule has 2 aromatic rings. The summed E-state index contributed by atoms with van der Waals surface area (Å²) in [7, 11) is 3.18. The molecule has 0 spiro atoms. The number of ether oxygens (including phenoxy) is 1. The van der Waals surface area contributed by atoms with Crippen molar-refractivity contribution in [2.45, 2.75) is 13.0 Å². The second-order valence-corrected chi connectivity index (χ2v) is 7.44. The lowest BCUT2D eigenvalue weighted by molar-refractivity contribution is -0.134. The molecule has 3 amide bonds. The molecule has 1 unspecified atom stereocenters. The third kappa shape index (κ3) is 5.61. The predicted octanol–water partition coefficient (Wildman–Crippen LogP) is 1.90. The Kier molecular flexibility index (Phi) is 7.25. The molecule has 1 aliphatic rings. The number of methoxy groups -OCH3 is 1. The molecule has 1 heterocycles. The Morgan fingerprint density at radius 2 is 1.84 bits per heavy atom. The van der Waals surface area contributed by atoms with E-state index < -0.39 is 0 Å². The van der Waals surface area contributed by atoms with Crippen molar-refractivity contribution >= 4 is 23.4 Å². The third-order valence-corrected chi connectivity index (χ3v) is 5.37. The van der Waals surface area contributed by atoms with E-state index in [1.165, 1.54) is 0 Å². The first-order chi connectivity index (χ1) is 14.9. The van der Waals surface area contributed by atoms with Gasteiger partial charge in [-0.1, -0.05) is 12.1 Å². The molecule has 0 radical (unpaired) electrons. The van der Waals surface area contributed by atoms with E-state index in [1.807, 2.05) is 17.0 Å². The number of amides is 3. The Hall–Kier alpha value is -3.39. The van der Waals surface area contributed by atoms with Crippen LogP contribution in [-0.4, -0.2) is 67.9 Å². The van der Waals surface area contributed by atoms with Gasteiger partial charge in [-0.25, -0.2) is 0 Å². The van der Waals surface area contributed by atoms with Gasteiger partial charge in [-0.05, 0) is 42.0 Å². The van der Waals surface area contributed by atoms with Gasteiger partial charge in [0.15, 0.2) is 0 Å². The summed E-state index contributed by atoms with van der Waals surface area (Å²) >= 11 is 0. The quantitative estimate of drug-likeness (QED) is 0.739. The summed E-state index contributed by atoms with van der Waals surface area (Å²) < 4.78 is 5.13. The first-order valence-electron chi connectivity index (χ1n) is 10.2. The molecule has 0 aromatic heterocycles. The van der Waals surface area contributed by atoms with Crippen LogP contribution in [-0.2, 0) is 9.59 Å². The fourth-order valence-corrected chi connectivity index (χ4v) is 3.75. The highest BCUT2D eigenvalue weighted by molar-refractivity contribution is 5.94. The lowest BCUT2D eigenvalue weighted by atomic mass is 9.99. The molecular weight excluding hydrogens is 396 g/mol. The minimum atomic E-state index is -0.232. The van der Waals surface area contributed by atoms with Gasteiger partial charge in [0.25, 0.3) is 5.91 Å². The number of rotatable bonds is 6. The van der Waals surface area contributed by atoms with Crippen LogP contribution in [0.2, 0.25) is 0 Å². The first kappa shape index (κ1) is 22.3. The van der Waals surface area contributed by atoms with E-state index in [0.717, 1.165) is 11.3 Å². The average molecular weight is 425 g/mol. The molecule has 8 heteroatoms. The van der Waals surface area contributed by atoms with Crippen LogP contribution in [0.4, 0.5) is 5.69 Å². The van der Waals surface area contributed by atoms with Gasteiger partial charge >= 0.3 is 0 Å². The van der Waals surface area contributed by atoms with Crippen LogP contribution >= 0.6 is 0 Å². The van der Waals surface area contributed by atoms with E-state index in [2.05, 4.69) is 10.6 Å². The lowest BCUT2D eigenvalue weighted by Gasteiger charge is -2.41. The summed E-state index contributed by atoms with van der Waals surface area (Å²) in [5.41, 5.74) is 2.11. The maximum atomic E-state index is 12.6. The molecule has 1 atom stereocenters. The summed E-state index contributed by atoms with van der Waals surface area (Å²) in [5.74, 6) is 0.389. The Bertz CT molecular complexity index is 945. The van der Waals surface area contributed by atoms with Gasteiger partial charge in [-0.2, -0.15) is 0 Å². The van der Waals surface area contributed by atoms with Crippen LogP contribution in [0.3, 0.4) is 0 Å². The molecule has 2 N–H and O–H groups in total. The topological polar surface area (TPSA) is 91.0 Å². The number of piperazine rings is 1. The number of carbonyl (C=O) groups is 3. The fourth-order valence-electron chi connectivity index (χ4n) is 3.75. The summed E-state index contributed by atoms with van der Waals surface area (Å²) in [6.07, 6.45) is 0. The van der Waals surface area contributed by atoms with Crippen LogP contribution in [0.15, 0.2) is 48.5 Å². The minimum Gasteiger partial charge on any atom is -0.497 e. The molecule has 0 saturated carbocycles. The molecule has 0 aliphatic carbocycles. The van der Waals surface area contributed by atoms with E-state index in [-0.39, 0.29) is 30.3 Å². The molecule has 1 saturated heterocycles. The monoisotopic (exact) mass is 424 g/mol. The highest BCUT2D eigenvalue weighted by Crippen LogP contribution is 2.26. The van der Waals surface area contributed by atoms with Crippen molar-refractivity contribution < 1.29 is 19.1 Å². The zero-order valence-electron chi connectivity index (χ0n) is 18.1. The van der Waals surface area contributed by atoms with Gasteiger partial charge in [0.1, 0.15) is 5.75 Å². The van der Waals surface area contributed by atoms with Gasteiger partial charge in [-0.15, -0.1) is 0 Å². The predicted molar refractivity (Wildman–Crippen MR) is 118 cm³/mol. The summed E-state index contributed by atoms with van der Waals surface area (Å²) in [4.78, 5) is 40.6. The van der Waals surface area contributed by atoms with Crippen molar-refractivity contribution in [3.63, 3.8) is 0 Å². The molecule has 164 valence electrons. The average Bonchev–Trinajstić information content (AvgIpc) is 2.78. The second kappa shape index (κ2) is 10.1. The highest BCUT2D eigenvalue weighted by Gasteiger charge is 2.31. The normalized spacial score (nSPS) is 16.5. The van der Waals surface area contributed by atoms with Crippen molar-refractivity contribution in [2.24, 2.45) is 0 Å². The summed E-state index contributed by atoms with van der Waals surface area (Å²) in [6, 6.07) is 14.2. The van der Waals surface area contributed by atoms with E-state index in [1.54, 1.807) is 62.4 Å². The fraction of sp³-hybridized carbons (Fsp3) is 0.348. The van der Waals surface area contributed by atoms with Crippen LogP contribution in [0, 0.1) is 0 Å². The van der Waals surface area contributed by atoms with Gasteiger partial charge in [0, 0.05) is 44.9 Å². The molecule has 0 bridgehead atoms. The molecule has 31 heavy (non-hydrogen) atoms. The number of anilines is 1. The van der Waals surface area contributed by atoms with Gasteiger partial charge < -0.3 is 20.3 Å². The number of carbonyl (C=O) groups excluding carboxylic acids is 3. The van der Waals surface area contributed by atoms with Crippen molar-refractivity contribution in [3.05, 3.63) is 59.7 Å². The van der Waals surface area contributed by atoms with Crippen molar-refractivity contribution in [3.8, 4) is 5.75 Å². The summed E-state index contributed by atoms with van der Waals surface area (Å²) in [5, 5.41) is 5.51. The number of hydrogen-bond donors (Lipinski definition) is 2. The second-order valence-electron chi connectivity index (χ2n) is 7.44. The molecule has 3 rings (SSSR count). The molecule has 2 aromatic carbocycles. The highest BCUT2D eigenvalue weighted by atomic mass is 16.5. The maximum Gasteiger partial charge on any atom is 0.251 e. The Balaban J connectivity index is 1.70. The number of hydrogen-bond acceptors (Lipinski definition) is 5. The van der Waals surface area contributed by atoms with Crippen LogP contribution in [0.25, 0.3) is 0 Å². The maximum absolute atomic E-state index is 12.6. The molecule has 1 fully saturated rings. The molecule has 8 nitrogen and oxygen atoms in total. The van der Waals surface area contributed by atoms with Crippen molar-refractivity contribution in [1.82, 2.24) is 15.1 Å². The van der Waals surface area contributed by atoms with Crippen molar-refractivity contribution in [2.75, 3.05) is 45.7 Å². The minimum absolute atomic E-state index is 0.0299. The first-order valence-corrected chi connectivity index (χ1v) is 10.2. The zero-order chi connectivity index (χ0) is 22.4. The Morgan fingerprint density at radius 3 is 2.48 bits per heavy atom. The van der Waals surface area contributed by atoms with E-state index in [9.17, 15) is 14.4 Å². The van der Waals surface area contributed by atoms with Crippen LogP contribution in [0.1, 0.15) is 28.9 Å².